The third-order valence-corrected chi connectivity index (χ3v) is 6.46. The normalized spacial score (nSPS) is 15.1. The SMILES string of the molecule is O=C(c1ncoc1-c1cccs1)N1CC[NH+](Cc2cccc3ccccc23)CC1. The van der Waals surface area contributed by atoms with E-state index in [0.29, 0.717) is 11.5 Å². The van der Waals surface area contributed by atoms with Crippen LogP contribution >= 0.6 is 11.3 Å². The van der Waals surface area contributed by atoms with Crippen molar-refractivity contribution in [2.75, 3.05) is 26.2 Å². The molecule has 1 N–H and O–H groups in total. The Balaban J connectivity index is 1.26. The van der Waals surface area contributed by atoms with Crippen molar-refractivity contribution in [3.63, 3.8) is 0 Å². The van der Waals surface area contributed by atoms with Crippen molar-refractivity contribution >= 4 is 28.0 Å². The van der Waals surface area contributed by atoms with E-state index in [1.807, 2.05) is 22.4 Å². The standard InChI is InChI=1S/C23H21N3O2S/c27-23(21-22(28-16-24-21)20-9-4-14-29-20)26-12-10-25(11-13-26)15-18-7-3-6-17-5-1-2-8-19(17)18/h1-9,14,16H,10-13,15H2/p+1. The highest BCUT2D eigenvalue weighted by Gasteiger charge is 2.29. The average Bonchev–Trinajstić information content (AvgIpc) is 3.46. The van der Waals surface area contributed by atoms with Crippen molar-refractivity contribution in [1.29, 1.82) is 0 Å². The van der Waals surface area contributed by atoms with Crippen LogP contribution in [0.15, 0.2) is 70.8 Å². The summed E-state index contributed by atoms with van der Waals surface area (Å²) >= 11 is 1.55. The molecule has 1 aliphatic rings. The lowest BCUT2D eigenvalue weighted by atomic mass is 10.0. The minimum atomic E-state index is -0.0358. The third kappa shape index (κ3) is 3.57. The van der Waals surface area contributed by atoms with E-state index >= 15 is 0 Å². The van der Waals surface area contributed by atoms with Gasteiger partial charge in [0.15, 0.2) is 17.8 Å². The molecule has 1 amide bonds. The molecule has 1 fully saturated rings. The molecule has 0 bridgehead atoms. The molecule has 2 aromatic heterocycles. The number of aromatic nitrogens is 1. The predicted molar refractivity (Wildman–Crippen MR) is 114 cm³/mol. The summed E-state index contributed by atoms with van der Waals surface area (Å²) in [4.78, 5) is 21.6. The van der Waals surface area contributed by atoms with Gasteiger partial charge in [0.2, 0.25) is 0 Å². The number of piperazine rings is 1. The van der Waals surface area contributed by atoms with E-state index in [0.717, 1.165) is 37.6 Å². The summed E-state index contributed by atoms with van der Waals surface area (Å²) in [7, 11) is 0. The first-order valence-corrected chi connectivity index (χ1v) is 10.7. The molecule has 0 spiro atoms. The Morgan fingerprint density at radius 1 is 1.07 bits per heavy atom. The van der Waals surface area contributed by atoms with Crippen molar-refractivity contribution in [3.05, 3.63) is 77.6 Å². The first-order chi connectivity index (χ1) is 14.3. The number of oxazole rings is 1. The molecule has 2 aromatic carbocycles. The maximum Gasteiger partial charge on any atom is 0.276 e. The van der Waals surface area contributed by atoms with E-state index in [4.69, 9.17) is 4.42 Å². The second-order valence-electron chi connectivity index (χ2n) is 7.36. The fourth-order valence-corrected chi connectivity index (χ4v) is 4.76. The highest BCUT2D eigenvalue weighted by atomic mass is 32.1. The molecule has 0 saturated carbocycles. The van der Waals surface area contributed by atoms with Crippen LogP contribution in [0.1, 0.15) is 16.1 Å². The minimum absolute atomic E-state index is 0.0358. The molecule has 1 saturated heterocycles. The van der Waals surface area contributed by atoms with Gasteiger partial charge in [-0.25, -0.2) is 4.98 Å². The number of hydrogen-bond acceptors (Lipinski definition) is 4. The van der Waals surface area contributed by atoms with Crippen LogP contribution in [-0.2, 0) is 6.54 Å². The largest absolute Gasteiger partial charge is 0.442 e. The van der Waals surface area contributed by atoms with Crippen LogP contribution in [0.25, 0.3) is 21.4 Å². The average molecular weight is 405 g/mol. The first kappa shape index (κ1) is 18.1. The van der Waals surface area contributed by atoms with Crippen LogP contribution in [-0.4, -0.2) is 42.0 Å². The summed E-state index contributed by atoms with van der Waals surface area (Å²) in [5, 5.41) is 4.58. The number of thiophene rings is 1. The van der Waals surface area contributed by atoms with Gasteiger partial charge in [0, 0.05) is 5.56 Å². The summed E-state index contributed by atoms with van der Waals surface area (Å²) in [6.45, 7) is 4.31. The molecular formula is C23H22N3O2S+. The van der Waals surface area contributed by atoms with E-state index in [9.17, 15) is 4.79 Å². The van der Waals surface area contributed by atoms with Crippen LogP contribution in [0.5, 0.6) is 0 Å². The monoisotopic (exact) mass is 404 g/mol. The van der Waals surface area contributed by atoms with Crippen molar-refractivity contribution < 1.29 is 14.1 Å². The van der Waals surface area contributed by atoms with Gasteiger partial charge in [-0.2, -0.15) is 0 Å². The number of benzene rings is 2. The Hall–Kier alpha value is -2.96. The van der Waals surface area contributed by atoms with Gasteiger partial charge in [-0.3, -0.25) is 4.79 Å². The number of rotatable bonds is 4. The number of fused-ring (bicyclic) bond motifs is 1. The van der Waals surface area contributed by atoms with Crippen molar-refractivity contribution in [1.82, 2.24) is 9.88 Å². The zero-order valence-corrected chi connectivity index (χ0v) is 16.8. The van der Waals surface area contributed by atoms with E-state index < -0.39 is 0 Å². The fraction of sp³-hybridized carbons (Fsp3) is 0.217. The predicted octanol–water partition coefficient (Wildman–Crippen LogP) is 3.10. The topological polar surface area (TPSA) is 50.8 Å². The van der Waals surface area contributed by atoms with Gasteiger partial charge in [-0.05, 0) is 22.2 Å². The zero-order valence-electron chi connectivity index (χ0n) is 16.0. The third-order valence-electron chi connectivity index (χ3n) is 5.59. The number of carbonyl (C=O) groups is 1. The van der Waals surface area contributed by atoms with Gasteiger partial charge >= 0.3 is 0 Å². The van der Waals surface area contributed by atoms with Crippen LogP contribution in [0.3, 0.4) is 0 Å². The maximum absolute atomic E-state index is 13.0. The van der Waals surface area contributed by atoms with E-state index in [2.05, 4.69) is 47.4 Å². The number of nitrogens with one attached hydrogen (secondary N) is 1. The number of quaternary nitrogens is 1. The molecule has 1 aliphatic heterocycles. The fourth-order valence-electron chi connectivity index (χ4n) is 4.05. The number of hydrogen-bond donors (Lipinski definition) is 1. The minimum Gasteiger partial charge on any atom is -0.442 e. The van der Waals surface area contributed by atoms with Gasteiger partial charge in [-0.15, -0.1) is 11.3 Å². The molecular weight excluding hydrogens is 382 g/mol. The Bertz CT molecular complexity index is 1120. The zero-order chi connectivity index (χ0) is 19.6. The lowest BCUT2D eigenvalue weighted by molar-refractivity contribution is -0.917. The van der Waals surface area contributed by atoms with E-state index in [1.165, 1.54) is 27.6 Å². The smallest absolute Gasteiger partial charge is 0.276 e. The number of carbonyl (C=O) groups excluding carboxylic acids is 1. The second-order valence-corrected chi connectivity index (χ2v) is 8.31. The Kier molecular flexibility index (Phi) is 4.87. The van der Waals surface area contributed by atoms with Gasteiger partial charge in [0.1, 0.15) is 6.54 Å². The lowest BCUT2D eigenvalue weighted by Crippen LogP contribution is -3.13. The highest BCUT2D eigenvalue weighted by Crippen LogP contribution is 2.28. The molecule has 29 heavy (non-hydrogen) atoms. The van der Waals surface area contributed by atoms with E-state index in [-0.39, 0.29) is 5.91 Å². The van der Waals surface area contributed by atoms with Crippen molar-refractivity contribution in [2.24, 2.45) is 0 Å². The first-order valence-electron chi connectivity index (χ1n) is 9.86. The summed E-state index contributed by atoms with van der Waals surface area (Å²) in [5.41, 5.74) is 1.79. The second kappa shape index (κ2) is 7.81. The molecule has 146 valence electrons. The van der Waals surface area contributed by atoms with Crippen LogP contribution in [0.2, 0.25) is 0 Å². The van der Waals surface area contributed by atoms with E-state index in [1.54, 1.807) is 11.3 Å². The highest BCUT2D eigenvalue weighted by molar-refractivity contribution is 7.13. The lowest BCUT2D eigenvalue weighted by Gasteiger charge is -2.32. The number of nitrogens with zero attached hydrogens (tertiary/aromatic N) is 2. The molecule has 0 radical (unpaired) electrons. The van der Waals surface area contributed by atoms with Crippen molar-refractivity contribution in [3.8, 4) is 10.6 Å². The Morgan fingerprint density at radius 3 is 2.72 bits per heavy atom. The van der Waals surface area contributed by atoms with Crippen LogP contribution in [0.4, 0.5) is 0 Å². The van der Waals surface area contributed by atoms with Crippen LogP contribution in [0, 0.1) is 0 Å². The van der Waals surface area contributed by atoms with Gasteiger partial charge < -0.3 is 14.2 Å². The molecule has 4 aromatic rings. The summed E-state index contributed by atoms with van der Waals surface area (Å²) < 4.78 is 5.51. The molecule has 0 aliphatic carbocycles. The molecule has 5 nitrogen and oxygen atoms in total. The van der Waals surface area contributed by atoms with Gasteiger partial charge in [-0.1, -0.05) is 48.5 Å². The van der Waals surface area contributed by atoms with Crippen molar-refractivity contribution in [2.45, 2.75) is 6.54 Å². The Labute approximate surface area is 173 Å². The van der Waals surface area contributed by atoms with Gasteiger partial charge in [0.05, 0.1) is 31.1 Å². The molecule has 6 heteroatoms. The van der Waals surface area contributed by atoms with Crippen LogP contribution < -0.4 is 4.90 Å². The molecule has 0 unspecified atom stereocenters. The van der Waals surface area contributed by atoms with Gasteiger partial charge in [0.25, 0.3) is 5.91 Å². The Morgan fingerprint density at radius 2 is 1.90 bits per heavy atom. The summed E-state index contributed by atoms with van der Waals surface area (Å²) in [6, 6.07) is 18.9. The summed E-state index contributed by atoms with van der Waals surface area (Å²) in [6.07, 6.45) is 1.37. The summed E-state index contributed by atoms with van der Waals surface area (Å²) in [5.74, 6) is 0.543. The maximum atomic E-state index is 13.0. The quantitative estimate of drug-likeness (QED) is 0.569. The molecule has 0 atom stereocenters. The number of amides is 1. The molecule has 3 heterocycles. The molecule has 5 rings (SSSR count).